The number of anilines is 1. The standard InChI is InChI=1S/C25H27FN2O2/c1-18-9-8-12-23(27-18)28(17-25(2,3)4)24(29)21-14-13-20(15-22(21)26)30-16-19-10-6-5-7-11-19/h5-15H,16-17H2,1-4H3. The average Bonchev–Trinajstić information content (AvgIpc) is 2.70. The molecule has 0 unspecified atom stereocenters. The highest BCUT2D eigenvalue weighted by Crippen LogP contribution is 2.25. The Morgan fingerprint density at radius 3 is 2.40 bits per heavy atom. The van der Waals surface area contributed by atoms with Crippen molar-refractivity contribution in [2.45, 2.75) is 34.3 Å². The minimum absolute atomic E-state index is 0.00498. The molecule has 0 spiro atoms. The number of halogens is 1. The molecule has 0 atom stereocenters. The predicted octanol–water partition coefficient (Wildman–Crippen LogP) is 5.80. The van der Waals surface area contributed by atoms with Gasteiger partial charge in [-0.2, -0.15) is 0 Å². The smallest absolute Gasteiger partial charge is 0.262 e. The van der Waals surface area contributed by atoms with Crippen molar-refractivity contribution in [2.75, 3.05) is 11.4 Å². The van der Waals surface area contributed by atoms with Gasteiger partial charge in [-0.15, -0.1) is 0 Å². The fourth-order valence-electron chi connectivity index (χ4n) is 3.06. The van der Waals surface area contributed by atoms with Crippen molar-refractivity contribution in [3.63, 3.8) is 0 Å². The van der Waals surface area contributed by atoms with Crippen molar-refractivity contribution in [1.29, 1.82) is 0 Å². The lowest BCUT2D eigenvalue weighted by atomic mass is 9.95. The van der Waals surface area contributed by atoms with E-state index in [1.807, 2.05) is 70.2 Å². The van der Waals surface area contributed by atoms with Crippen LogP contribution < -0.4 is 9.64 Å². The van der Waals surface area contributed by atoms with Crippen molar-refractivity contribution >= 4 is 11.7 Å². The van der Waals surface area contributed by atoms with Gasteiger partial charge in [0.1, 0.15) is 24.0 Å². The molecule has 1 heterocycles. The van der Waals surface area contributed by atoms with Gasteiger partial charge in [0.15, 0.2) is 0 Å². The first-order chi connectivity index (χ1) is 14.2. The first-order valence-electron chi connectivity index (χ1n) is 9.95. The topological polar surface area (TPSA) is 42.4 Å². The fourth-order valence-corrected chi connectivity index (χ4v) is 3.06. The molecule has 1 aromatic heterocycles. The molecule has 0 saturated heterocycles. The summed E-state index contributed by atoms with van der Waals surface area (Å²) in [6, 6.07) is 19.5. The molecular weight excluding hydrogens is 379 g/mol. The second kappa shape index (κ2) is 9.08. The molecule has 3 rings (SSSR count). The number of aromatic nitrogens is 1. The van der Waals surface area contributed by atoms with Gasteiger partial charge < -0.3 is 4.74 Å². The molecular formula is C25H27FN2O2. The largest absolute Gasteiger partial charge is 0.489 e. The maximum Gasteiger partial charge on any atom is 0.262 e. The second-order valence-electron chi connectivity index (χ2n) is 8.51. The highest BCUT2D eigenvalue weighted by molar-refractivity contribution is 6.05. The molecule has 0 N–H and O–H groups in total. The summed E-state index contributed by atoms with van der Waals surface area (Å²) in [7, 11) is 0. The molecule has 1 amide bonds. The summed E-state index contributed by atoms with van der Waals surface area (Å²) in [5.41, 5.74) is 1.59. The van der Waals surface area contributed by atoms with Gasteiger partial charge in [-0.25, -0.2) is 9.37 Å². The van der Waals surface area contributed by atoms with E-state index in [2.05, 4.69) is 4.98 Å². The van der Waals surface area contributed by atoms with Crippen LogP contribution in [0.25, 0.3) is 0 Å². The van der Waals surface area contributed by atoms with Gasteiger partial charge in [0.25, 0.3) is 5.91 Å². The summed E-state index contributed by atoms with van der Waals surface area (Å²) in [5.74, 6) is -0.144. The van der Waals surface area contributed by atoms with Crippen LogP contribution in [0, 0.1) is 18.2 Å². The van der Waals surface area contributed by atoms with Gasteiger partial charge >= 0.3 is 0 Å². The number of carbonyl (C=O) groups excluding carboxylic acids is 1. The third-order valence-corrected chi connectivity index (χ3v) is 4.45. The van der Waals surface area contributed by atoms with Crippen molar-refractivity contribution in [1.82, 2.24) is 4.98 Å². The lowest BCUT2D eigenvalue weighted by Crippen LogP contribution is -2.39. The predicted molar refractivity (Wildman–Crippen MR) is 117 cm³/mol. The Hall–Kier alpha value is -3.21. The fraction of sp³-hybridized carbons (Fsp3) is 0.280. The Balaban J connectivity index is 1.83. The summed E-state index contributed by atoms with van der Waals surface area (Å²) in [6.45, 7) is 8.69. The van der Waals surface area contributed by atoms with Gasteiger partial charge in [0.2, 0.25) is 0 Å². The van der Waals surface area contributed by atoms with Crippen LogP contribution >= 0.6 is 0 Å². The van der Waals surface area contributed by atoms with Crippen LogP contribution in [0.3, 0.4) is 0 Å². The van der Waals surface area contributed by atoms with Gasteiger partial charge in [0, 0.05) is 18.3 Å². The Morgan fingerprint density at radius 1 is 1.03 bits per heavy atom. The summed E-state index contributed by atoms with van der Waals surface area (Å²) in [6.07, 6.45) is 0. The van der Waals surface area contributed by atoms with Gasteiger partial charge in [-0.05, 0) is 42.2 Å². The molecule has 0 fully saturated rings. The van der Waals surface area contributed by atoms with E-state index in [1.165, 1.54) is 17.0 Å². The van der Waals surface area contributed by atoms with E-state index in [4.69, 9.17) is 4.74 Å². The number of benzene rings is 2. The molecule has 5 heteroatoms. The van der Waals surface area contributed by atoms with E-state index in [0.717, 1.165) is 11.3 Å². The molecule has 2 aromatic carbocycles. The van der Waals surface area contributed by atoms with Crippen LogP contribution in [-0.2, 0) is 6.61 Å². The number of pyridine rings is 1. The zero-order valence-corrected chi connectivity index (χ0v) is 17.9. The first-order valence-corrected chi connectivity index (χ1v) is 9.95. The molecule has 0 aliphatic rings. The summed E-state index contributed by atoms with van der Waals surface area (Å²) in [5, 5.41) is 0. The van der Waals surface area contributed by atoms with E-state index in [0.29, 0.717) is 24.7 Å². The highest BCUT2D eigenvalue weighted by Gasteiger charge is 2.26. The van der Waals surface area contributed by atoms with Gasteiger partial charge in [-0.3, -0.25) is 9.69 Å². The summed E-state index contributed by atoms with van der Waals surface area (Å²) >= 11 is 0. The van der Waals surface area contributed by atoms with Crippen molar-refractivity contribution in [2.24, 2.45) is 5.41 Å². The molecule has 3 aromatic rings. The van der Waals surface area contributed by atoms with E-state index in [1.54, 1.807) is 12.1 Å². The second-order valence-corrected chi connectivity index (χ2v) is 8.51. The molecule has 4 nitrogen and oxygen atoms in total. The molecule has 0 bridgehead atoms. The van der Waals surface area contributed by atoms with E-state index < -0.39 is 11.7 Å². The third kappa shape index (κ3) is 5.66. The minimum Gasteiger partial charge on any atom is -0.489 e. The number of hydrogen-bond donors (Lipinski definition) is 0. The van der Waals surface area contributed by atoms with E-state index >= 15 is 0 Å². The van der Waals surface area contributed by atoms with Crippen LogP contribution in [0.1, 0.15) is 42.4 Å². The monoisotopic (exact) mass is 406 g/mol. The number of carbonyl (C=O) groups is 1. The Morgan fingerprint density at radius 2 is 1.77 bits per heavy atom. The number of rotatable bonds is 6. The van der Waals surface area contributed by atoms with Crippen LogP contribution in [0.4, 0.5) is 10.2 Å². The molecule has 0 aliphatic carbocycles. The van der Waals surface area contributed by atoms with Crippen molar-refractivity contribution in [3.8, 4) is 5.75 Å². The summed E-state index contributed by atoms with van der Waals surface area (Å²) < 4.78 is 20.5. The van der Waals surface area contributed by atoms with Crippen LogP contribution in [0.15, 0.2) is 66.7 Å². The first kappa shape index (κ1) is 21.5. The van der Waals surface area contributed by atoms with Crippen molar-refractivity contribution in [3.05, 3.63) is 89.4 Å². The maximum absolute atomic E-state index is 14.9. The van der Waals surface area contributed by atoms with E-state index in [-0.39, 0.29) is 11.0 Å². The normalized spacial score (nSPS) is 11.2. The molecule has 0 radical (unpaired) electrons. The SMILES string of the molecule is Cc1cccc(N(CC(C)(C)C)C(=O)c2ccc(OCc3ccccc3)cc2F)n1. The van der Waals surface area contributed by atoms with Crippen LogP contribution in [0.5, 0.6) is 5.75 Å². The van der Waals surface area contributed by atoms with Gasteiger partial charge in [0.05, 0.1) is 5.56 Å². The van der Waals surface area contributed by atoms with E-state index in [9.17, 15) is 9.18 Å². The van der Waals surface area contributed by atoms with Crippen LogP contribution in [0.2, 0.25) is 0 Å². The molecule has 0 saturated carbocycles. The Kier molecular flexibility index (Phi) is 6.50. The maximum atomic E-state index is 14.9. The average molecular weight is 407 g/mol. The molecule has 0 aliphatic heterocycles. The lowest BCUT2D eigenvalue weighted by Gasteiger charge is -2.29. The number of aryl methyl sites for hydroxylation is 1. The highest BCUT2D eigenvalue weighted by atomic mass is 19.1. The zero-order valence-electron chi connectivity index (χ0n) is 17.9. The number of amides is 1. The van der Waals surface area contributed by atoms with Crippen LogP contribution in [-0.4, -0.2) is 17.4 Å². The quantitative estimate of drug-likeness (QED) is 0.519. The number of nitrogens with zero attached hydrogens (tertiary/aromatic N) is 2. The molecule has 30 heavy (non-hydrogen) atoms. The zero-order chi connectivity index (χ0) is 21.7. The van der Waals surface area contributed by atoms with Crippen molar-refractivity contribution < 1.29 is 13.9 Å². The number of ether oxygens (including phenoxy) is 1. The van der Waals surface area contributed by atoms with Gasteiger partial charge in [-0.1, -0.05) is 57.2 Å². The summed E-state index contributed by atoms with van der Waals surface area (Å²) in [4.78, 5) is 19.3. The Bertz CT molecular complexity index is 1010. The third-order valence-electron chi connectivity index (χ3n) is 4.45. The molecule has 156 valence electrons. The lowest BCUT2D eigenvalue weighted by molar-refractivity contribution is 0.0972. The number of hydrogen-bond acceptors (Lipinski definition) is 3. The minimum atomic E-state index is -0.614. The Labute approximate surface area is 177 Å².